The number of likely N-dealkylation sites (tertiary alicyclic amines) is 1. The molecule has 0 aliphatic carbocycles. The molecule has 0 atom stereocenters. The Hall–Kier alpha value is -2.77. The number of fused-ring (bicyclic) bond motifs is 1. The second kappa shape index (κ2) is 6.86. The van der Waals surface area contributed by atoms with E-state index in [4.69, 9.17) is 9.47 Å². The number of carbonyl (C=O) groups excluding carboxylic acids is 3. The lowest BCUT2D eigenvalue weighted by Crippen LogP contribution is -2.51. The largest absolute Gasteiger partial charge is 0.482 e. The van der Waals surface area contributed by atoms with Gasteiger partial charge in [0.1, 0.15) is 18.9 Å². The summed E-state index contributed by atoms with van der Waals surface area (Å²) in [5.74, 6) is 0.315. The van der Waals surface area contributed by atoms with Gasteiger partial charge in [-0.05, 0) is 25.0 Å². The molecule has 26 heavy (non-hydrogen) atoms. The molecule has 3 heterocycles. The molecule has 0 unspecified atom stereocenters. The first-order chi connectivity index (χ1) is 12.6. The minimum atomic E-state index is -0.259. The summed E-state index contributed by atoms with van der Waals surface area (Å²) >= 11 is 0. The third-order valence-electron chi connectivity index (χ3n) is 5.15. The Labute approximate surface area is 151 Å². The minimum Gasteiger partial charge on any atom is -0.482 e. The maximum absolute atomic E-state index is 12.7. The first-order valence-electron chi connectivity index (χ1n) is 8.87. The fourth-order valence-electron chi connectivity index (χ4n) is 3.73. The summed E-state index contributed by atoms with van der Waals surface area (Å²) < 4.78 is 10.4. The number of hydrogen-bond donors (Lipinski definition) is 0. The van der Waals surface area contributed by atoms with Crippen LogP contribution >= 0.6 is 0 Å². The average molecular weight is 359 g/mol. The van der Waals surface area contributed by atoms with Crippen molar-refractivity contribution in [2.24, 2.45) is 0 Å². The van der Waals surface area contributed by atoms with Crippen LogP contribution in [0, 0.1) is 0 Å². The zero-order chi connectivity index (χ0) is 18.1. The van der Waals surface area contributed by atoms with Crippen LogP contribution in [0.5, 0.6) is 5.75 Å². The maximum atomic E-state index is 12.7. The van der Waals surface area contributed by atoms with Gasteiger partial charge in [0.05, 0.1) is 12.2 Å². The Balaban J connectivity index is 1.37. The molecule has 0 aromatic heterocycles. The van der Waals surface area contributed by atoms with Gasteiger partial charge in [0, 0.05) is 19.1 Å². The summed E-state index contributed by atoms with van der Waals surface area (Å²) in [6.45, 7) is 2.17. The van der Waals surface area contributed by atoms with E-state index in [1.807, 2.05) is 12.1 Å². The Morgan fingerprint density at radius 2 is 1.85 bits per heavy atom. The highest BCUT2D eigenvalue weighted by atomic mass is 16.6. The van der Waals surface area contributed by atoms with Crippen LogP contribution in [0.4, 0.5) is 10.5 Å². The van der Waals surface area contributed by atoms with Crippen LogP contribution in [-0.2, 0) is 14.3 Å². The predicted molar refractivity (Wildman–Crippen MR) is 91.9 cm³/mol. The SMILES string of the molecule is O=C(CN1C(=O)COc2ccccc21)N1CCC(N2CCOC2=O)CC1. The molecule has 2 saturated heterocycles. The Bertz CT molecular complexity index is 729. The molecular weight excluding hydrogens is 338 g/mol. The van der Waals surface area contributed by atoms with Gasteiger partial charge in [0.15, 0.2) is 6.61 Å². The molecule has 3 aliphatic heterocycles. The lowest BCUT2D eigenvalue weighted by atomic mass is 10.0. The van der Waals surface area contributed by atoms with Gasteiger partial charge in [0.25, 0.3) is 5.91 Å². The van der Waals surface area contributed by atoms with E-state index < -0.39 is 0 Å². The zero-order valence-electron chi connectivity index (χ0n) is 14.4. The molecule has 0 radical (unpaired) electrons. The monoisotopic (exact) mass is 359 g/mol. The van der Waals surface area contributed by atoms with Crippen molar-refractivity contribution in [3.63, 3.8) is 0 Å². The summed E-state index contributed by atoms with van der Waals surface area (Å²) in [5.41, 5.74) is 0.631. The van der Waals surface area contributed by atoms with Crippen LogP contribution < -0.4 is 9.64 Å². The predicted octanol–water partition coefficient (Wildman–Crippen LogP) is 0.855. The summed E-state index contributed by atoms with van der Waals surface area (Å²) in [7, 11) is 0. The van der Waals surface area contributed by atoms with E-state index in [2.05, 4.69) is 0 Å². The third-order valence-corrected chi connectivity index (χ3v) is 5.15. The molecule has 0 bridgehead atoms. The number of rotatable bonds is 3. The van der Waals surface area contributed by atoms with Crippen molar-refractivity contribution in [1.29, 1.82) is 0 Å². The van der Waals surface area contributed by atoms with Gasteiger partial charge in [0.2, 0.25) is 5.91 Å². The average Bonchev–Trinajstić information content (AvgIpc) is 3.10. The molecule has 1 aromatic rings. The molecule has 3 amide bonds. The second-order valence-electron chi connectivity index (χ2n) is 6.66. The van der Waals surface area contributed by atoms with Crippen LogP contribution in [0.1, 0.15) is 12.8 Å². The molecular formula is C18H21N3O5. The molecule has 0 saturated carbocycles. The van der Waals surface area contributed by atoms with E-state index >= 15 is 0 Å². The van der Waals surface area contributed by atoms with E-state index in [1.54, 1.807) is 21.9 Å². The molecule has 138 valence electrons. The molecule has 0 N–H and O–H groups in total. The molecule has 3 aliphatic rings. The minimum absolute atomic E-state index is 0.00955. The van der Waals surface area contributed by atoms with Crippen molar-refractivity contribution in [3.05, 3.63) is 24.3 Å². The Morgan fingerprint density at radius 1 is 1.08 bits per heavy atom. The quantitative estimate of drug-likeness (QED) is 0.800. The van der Waals surface area contributed by atoms with E-state index in [0.29, 0.717) is 37.7 Å². The smallest absolute Gasteiger partial charge is 0.410 e. The molecule has 1 aromatic carbocycles. The van der Waals surface area contributed by atoms with Crippen molar-refractivity contribution in [2.45, 2.75) is 18.9 Å². The zero-order valence-corrected chi connectivity index (χ0v) is 14.4. The van der Waals surface area contributed by atoms with Crippen molar-refractivity contribution < 1.29 is 23.9 Å². The van der Waals surface area contributed by atoms with E-state index in [1.165, 1.54) is 4.90 Å². The van der Waals surface area contributed by atoms with Gasteiger partial charge in [-0.15, -0.1) is 0 Å². The lowest BCUT2D eigenvalue weighted by Gasteiger charge is -2.37. The van der Waals surface area contributed by atoms with Gasteiger partial charge in [-0.2, -0.15) is 0 Å². The lowest BCUT2D eigenvalue weighted by molar-refractivity contribution is -0.133. The summed E-state index contributed by atoms with van der Waals surface area (Å²) in [5, 5.41) is 0. The molecule has 8 nitrogen and oxygen atoms in total. The van der Waals surface area contributed by atoms with Crippen LogP contribution in [0.2, 0.25) is 0 Å². The molecule has 4 rings (SSSR count). The Kier molecular flexibility index (Phi) is 4.40. The van der Waals surface area contributed by atoms with Gasteiger partial charge in [-0.1, -0.05) is 12.1 Å². The standard InChI is InChI=1S/C18H21N3O5/c22-16(11-21-14-3-1-2-4-15(14)26-12-17(21)23)19-7-5-13(6-8-19)20-9-10-25-18(20)24/h1-4,13H,5-12H2. The van der Waals surface area contributed by atoms with E-state index in [9.17, 15) is 14.4 Å². The summed E-state index contributed by atoms with van der Waals surface area (Å²) in [4.78, 5) is 41.6. The topological polar surface area (TPSA) is 79.4 Å². The Morgan fingerprint density at radius 3 is 2.58 bits per heavy atom. The van der Waals surface area contributed by atoms with Gasteiger partial charge in [-0.3, -0.25) is 14.5 Å². The number of amides is 3. The van der Waals surface area contributed by atoms with E-state index in [0.717, 1.165) is 12.8 Å². The molecule has 8 heteroatoms. The van der Waals surface area contributed by atoms with Gasteiger partial charge < -0.3 is 19.3 Å². The summed E-state index contributed by atoms with van der Waals surface area (Å²) in [6.07, 6.45) is 1.20. The third kappa shape index (κ3) is 3.07. The number of para-hydroxylation sites is 2. The van der Waals surface area contributed by atoms with Crippen LogP contribution in [0.25, 0.3) is 0 Å². The number of hydrogen-bond acceptors (Lipinski definition) is 5. The molecule has 2 fully saturated rings. The highest BCUT2D eigenvalue weighted by Crippen LogP contribution is 2.31. The summed E-state index contributed by atoms with van der Waals surface area (Å²) in [6, 6.07) is 7.35. The number of nitrogens with zero attached hydrogens (tertiary/aromatic N) is 3. The number of benzene rings is 1. The first kappa shape index (κ1) is 16.7. The molecule has 0 spiro atoms. The highest BCUT2D eigenvalue weighted by Gasteiger charge is 2.34. The maximum Gasteiger partial charge on any atom is 0.410 e. The van der Waals surface area contributed by atoms with Crippen molar-refractivity contribution in [3.8, 4) is 5.75 Å². The second-order valence-corrected chi connectivity index (χ2v) is 6.66. The van der Waals surface area contributed by atoms with Crippen LogP contribution in [0.15, 0.2) is 24.3 Å². The number of cyclic esters (lactones) is 1. The number of ether oxygens (including phenoxy) is 2. The normalized spacial score (nSPS) is 20.7. The van der Waals surface area contributed by atoms with Crippen molar-refractivity contribution in [2.75, 3.05) is 44.3 Å². The highest BCUT2D eigenvalue weighted by molar-refractivity contribution is 6.02. The van der Waals surface area contributed by atoms with Crippen LogP contribution in [0.3, 0.4) is 0 Å². The fraction of sp³-hybridized carbons (Fsp3) is 0.500. The van der Waals surface area contributed by atoms with Gasteiger partial charge in [-0.25, -0.2) is 4.79 Å². The van der Waals surface area contributed by atoms with Gasteiger partial charge >= 0.3 is 6.09 Å². The number of carbonyl (C=O) groups is 3. The van der Waals surface area contributed by atoms with Crippen molar-refractivity contribution in [1.82, 2.24) is 9.80 Å². The first-order valence-corrected chi connectivity index (χ1v) is 8.87. The number of piperidine rings is 1. The fourth-order valence-corrected chi connectivity index (χ4v) is 3.73. The van der Waals surface area contributed by atoms with Crippen LogP contribution in [-0.4, -0.2) is 73.1 Å². The van der Waals surface area contributed by atoms with E-state index in [-0.39, 0.29) is 37.1 Å². The van der Waals surface area contributed by atoms with Crippen molar-refractivity contribution >= 4 is 23.6 Å². The number of anilines is 1.